The Kier molecular flexibility index (Phi) is 16.0. The minimum absolute atomic E-state index is 0.0635. The molecule has 1 heterocycles. The SMILES string of the molecule is Cc1ncsc1-c1ccc([C@@H](C)CC(=O)NCCCCCCCCCNC(=O)c2ccc3c(c2)[C@H](NC(=O)C(=N)/C=C(\O)c2ccc(C(=O)N(C)C)c(O)c2)CC3)cc1. The van der Waals surface area contributed by atoms with Crippen molar-refractivity contribution in [2.75, 3.05) is 27.2 Å². The Labute approximate surface area is 350 Å². The van der Waals surface area contributed by atoms with E-state index in [0.29, 0.717) is 37.9 Å². The largest absolute Gasteiger partial charge is 0.507 e. The third-order valence-electron chi connectivity index (χ3n) is 10.7. The number of amides is 4. The Morgan fingerprint density at radius 2 is 1.58 bits per heavy atom. The first-order valence-corrected chi connectivity index (χ1v) is 21.2. The van der Waals surface area contributed by atoms with Crippen LogP contribution < -0.4 is 16.0 Å². The van der Waals surface area contributed by atoms with Crippen LogP contribution in [0.15, 0.2) is 72.3 Å². The number of nitrogens with one attached hydrogen (secondary N) is 4. The molecule has 0 unspecified atom stereocenters. The Morgan fingerprint density at radius 3 is 2.22 bits per heavy atom. The number of thiazole rings is 1. The summed E-state index contributed by atoms with van der Waals surface area (Å²) in [7, 11) is 3.11. The average molecular weight is 821 g/mol. The summed E-state index contributed by atoms with van der Waals surface area (Å²) < 4.78 is 0. The molecule has 0 fully saturated rings. The molecule has 0 saturated heterocycles. The first-order chi connectivity index (χ1) is 28.3. The Bertz CT molecular complexity index is 2160. The van der Waals surface area contributed by atoms with Gasteiger partial charge in [-0.05, 0) is 85.0 Å². The molecule has 0 radical (unpaired) electrons. The molecule has 4 aromatic rings. The zero-order valence-corrected chi connectivity index (χ0v) is 35.2. The fraction of sp³-hybridized carbons (Fsp3) is 0.391. The zero-order chi connectivity index (χ0) is 42.5. The molecule has 4 amide bonds. The maximum Gasteiger partial charge on any atom is 0.269 e. The highest BCUT2D eigenvalue weighted by Crippen LogP contribution is 2.32. The van der Waals surface area contributed by atoms with Crippen LogP contribution in [0.4, 0.5) is 0 Å². The number of aromatic hydroxyl groups is 1. The number of carbonyl (C=O) groups is 4. The third kappa shape index (κ3) is 12.3. The lowest BCUT2D eigenvalue weighted by molar-refractivity contribution is -0.121. The molecule has 0 aliphatic heterocycles. The van der Waals surface area contributed by atoms with Gasteiger partial charge in [0.2, 0.25) is 5.91 Å². The van der Waals surface area contributed by atoms with E-state index in [0.717, 1.165) is 79.0 Å². The van der Waals surface area contributed by atoms with Crippen molar-refractivity contribution in [1.29, 1.82) is 5.41 Å². The van der Waals surface area contributed by atoms with Crippen LogP contribution in [-0.4, -0.2) is 76.6 Å². The van der Waals surface area contributed by atoms with Gasteiger partial charge in [0, 0.05) is 50.8 Å². The summed E-state index contributed by atoms with van der Waals surface area (Å²) in [6, 6.07) is 17.5. The van der Waals surface area contributed by atoms with Crippen LogP contribution in [0, 0.1) is 12.3 Å². The molecule has 2 atom stereocenters. The number of aliphatic hydroxyl groups is 1. The molecule has 0 bridgehead atoms. The van der Waals surface area contributed by atoms with Crippen molar-refractivity contribution in [2.24, 2.45) is 0 Å². The topological polar surface area (TPSA) is 185 Å². The number of fused-ring (bicyclic) bond motifs is 1. The number of hydrogen-bond donors (Lipinski definition) is 6. The van der Waals surface area contributed by atoms with Gasteiger partial charge < -0.3 is 31.1 Å². The summed E-state index contributed by atoms with van der Waals surface area (Å²) >= 11 is 1.64. The van der Waals surface area contributed by atoms with Crippen molar-refractivity contribution in [2.45, 2.75) is 90.0 Å². The molecule has 0 spiro atoms. The van der Waals surface area contributed by atoms with Crippen molar-refractivity contribution in [3.63, 3.8) is 0 Å². The second-order valence-corrected chi connectivity index (χ2v) is 16.3. The number of aliphatic hydroxyl groups excluding tert-OH is 1. The molecule has 13 heteroatoms. The number of rotatable bonds is 20. The standard InChI is InChI=1S/C46H56N6O6S/c1-29(31-12-15-33(16-13-31)43-30(2)50-28-59-43)24-42(55)48-22-10-8-6-5-7-9-11-23-49-44(56)35-17-14-32-19-21-39(37(32)25-35)51-45(57)38(47)27-40(53)34-18-20-36(41(54)26-34)46(58)52(3)4/h12-18,20,25-29,39,47,53-54H,5-11,19,21-24H2,1-4H3,(H,48,55)(H,49,56)(H,51,57)/b40-27-,47-38?/t29-,39+/m0/s1. The Morgan fingerprint density at radius 1 is 0.915 bits per heavy atom. The van der Waals surface area contributed by atoms with Gasteiger partial charge in [-0.25, -0.2) is 4.98 Å². The highest BCUT2D eigenvalue weighted by molar-refractivity contribution is 7.13. The van der Waals surface area contributed by atoms with Gasteiger partial charge in [-0.3, -0.25) is 24.6 Å². The maximum atomic E-state index is 13.0. The first kappa shape index (κ1) is 44.3. The smallest absolute Gasteiger partial charge is 0.269 e. The lowest BCUT2D eigenvalue weighted by Crippen LogP contribution is -2.32. The van der Waals surface area contributed by atoms with Crippen LogP contribution in [0.25, 0.3) is 16.2 Å². The summed E-state index contributed by atoms with van der Waals surface area (Å²) in [6.45, 7) is 5.36. The van der Waals surface area contributed by atoms with Gasteiger partial charge in [0.05, 0.1) is 27.7 Å². The van der Waals surface area contributed by atoms with E-state index in [2.05, 4.69) is 52.1 Å². The second kappa shape index (κ2) is 21.3. The molecular weight excluding hydrogens is 765 g/mol. The minimum atomic E-state index is -0.693. The van der Waals surface area contributed by atoms with E-state index < -0.39 is 29.3 Å². The number of hydrogen-bond acceptors (Lipinski definition) is 9. The number of carbonyl (C=O) groups excluding carboxylic acids is 4. The minimum Gasteiger partial charge on any atom is -0.507 e. The van der Waals surface area contributed by atoms with E-state index >= 15 is 0 Å². The number of nitrogens with zero attached hydrogens (tertiary/aromatic N) is 2. The molecule has 6 N–H and O–H groups in total. The quantitative estimate of drug-likeness (QED) is 0.0296. The normalized spacial score (nSPS) is 14.0. The number of phenolic OH excluding ortho intramolecular Hbond substituents is 1. The van der Waals surface area contributed by atoms with Crippen molar-refractivity contribution in [3.8, 4) is 16.2 Å². The predicted octanol–water partition coefficient (Wildman–Crippen LogP) is 8.02. The molecular formula is C46H56N6O6S. The van der Waals surface area contributed by atoms with Gasteiger partial charge in [-0.15, -0.1) is 11.3 Å². The van der Waals surface area contributed by atoms with Gasteiger partial charge in [-0.2, -0.15) is 0 Å². The fourth-order valence-electron chi connectivity index (χ4n) is 7.20. The van der Waals surface area contributed by atoms with Crippen LogP contribution in [-0.2, 0) is 16.0 Å². The molecule has 1 aromatic heterocycles. The lowest BCUT2D eigenvalue weighted by atomic mass is 9.96. The molecule has 5 rings (SSSR count). The number of phenols is 1. The van der Waals surface area contributed by atoms with E-state index in [9.17, 15) is 29.4 Å². The number of unbranched alkanes of at least 4 members (excludes halogenated alkanes) is 6. The van der Waals surface area contributed by atoms with Crippen LogP contribution in [0.1, 0.15) is 125 Å². The van der Waals surface area contributed by atoms with Crippen LogP contribution in [0.3, 0.4) is 0 Å². The molecule has 12 nitrogen and oxygen atoms in total. The highest BCUT2D eigenvalue weighted by atomic mass is 32.1. The highest BCUT2D eigenvalue weighted by Gasteiger charge is 2.26. The van der Waals surface area contributed by atoms with Gasteiger partial charge >= 0.3 is 0 Å². The number of aryl methyl sites for hydroxylation is 2. The van der Waals surface area contributed by atoms with Crippen molar-refractivity contribution >= 4 is 46.4 Å². The van der Waals surface area contributed by atoms with Crippen LogP contribution >= 0.6 is 11.3 Å². The second-order valence-electron chi connectivity index (χ2n) is 15.4. The first-order valence-electron chi connectivity index (χ1n) is 20.4. The van der Waals surface area contributed by atoms with E-state index in [1.54, 1.807) is 37.6 Å². The van der Waals surface area contributed by atoms with E-state index in [1.165, 1.54) is 28.0 Å². The van der Waals surface area contributed by atoms with Gasteiger partial charge in [0.1, 0.15) is 17.2 Å². The molecule has 312 valence electrons. The van der Waals surface area contributed by atoms with E-state index in [4.69, 9.17) is 5.41 Å². The van der Waals surface area contributed by atoms with Crippen LogP contribution in [0.5, 0.6) is 5.75 Å². The number of benzene rings is 3. The maximum absolute atomic E-state index is 13.0. The average Bonchev–Trinajstić information content (AvgIpc) is 3.84. The zero-order valence-electron chi connectivity index (χ0n) is 34.4. The van der Waals surface area contributed by atoms with Crippen molar-refractivity contribution < 1.29 is 29.4 Å². The predicted molar refractivity (Wildman–Crippen MR) is 233 cm³/mol. The molecule has 1 aliphatic carbocycles. The summed E-state index contributed by atoms with van der Waals surface area (Å²) in [5.41, 5.74) is 7.30. The Hall–Kier alpha value is -5.82. The summed E-state index contributed by atoms with van der Waals surface area (Å²) in [4.78, 5) is 57.5. The molecule has 3 aromatic carbocycles. The molecule has 59 heavy (non-hydrogen) atoms. The van der Waals surface area contributed by atoms with Crippen LogP contribution in [0.2, 0.25) is 0 Å². The van der Waals surface area contributed by atoms with Gasteiger partial charge in [0.15, 0.2) is 0 Å². The third-order valence-corrected chi connectivity index (χ3v) is 11.7. The van der Waals surface area contributed by atoms with Crippen molar-refractivity contribution in [1.82, 2.24) is 25.8 Å². The van der Waals surface area contributed by atoms with E-state index in [-0.39, 0.29) is 34.6 Å². The monoisotopic (exact) mass is 820 g/mol. The summed E-state index contributed by atoms with van der Waals surface area (Å²) in [5.74, 6) is -1.78. The number of aromatic nitrogens is 1. The lowest BCUT2D eigenvalue weighted by Gasteiger charge is -2.15. The molecule has 0 saturated carbocycles. The van der Waals surface area contributed by atoms with Gasteiger partial charge in [0.25, 0.3) is 17.7 Å². The molecule has 1 aliphatic rings. The fourth-order valence-corrected chi connectivity index (χ4v) is 8.02. The van der Waals surface area contributed by atoms with Gasteiger partial charge in [-0.1, -0.05) is 75.4 Å². The summed E-state index contributed by atoms with van der Waals surface area (Å²) in [5, 5.41) is 38.0. The Balaban J connectivity index is 0.939. The summed E-state index contributed by atoms with van der Waals surface area (Å²) in [6.07, 6.45) is 9.98. The van der Waals surface area contributed by atoms with Crippen molar-refractivity contribution in [3.05, 3.63) is 111 Å². The van der Waals surface area contributed by atoms with E-state index in [1.807, 2.05) is 18.5 Å².